The van der Waals surface area contributed by atoms with E-state index in [1.54, 1.807) is 11.0 Å². The van der Waals surface area contributed by atoms with E-state index in [0.29, 0.717) is 19.8 Å². The lowest BCUT2D eigenvalue weighted by molar-refractivity contribution is -0.178. The van der Waals surface area contributed by atoms with E-state index in [0.717, 1.165) is 12.0 Å². The largest absolute Gasteiger partial charge is 0.342 e. The fourth-order valence-electron chi connectivity index (χ4n) is 2.51. The van der Waals surface area contributed by atoms with Gasteiger partial charge in [0.2, 0.25) is 5.79 Å². The predicted molar refractivity (Wildman–Crippen MR) is 69.4 cm³/mol. The van der Waals surface area contributed by atoms with Gasteiger partial charge < -0.3 is 9.47 Å². The first kappa shape index (κ1) is 12.3. The normalized spacial score (nSPS) is 17.7. The molecule has 0 atom stereocenters. The molecule has 1 saturated heterocycles. The van der Waals surface area contributed by atoms with E-state index >= 15 is 0 Å². The molecule has 1 fully saturated rings. The molecular weight excluding hydrogens is 242 g/mol. The second kappa shape index (κ2) is 5.11. The summed E-state index contributed by atoms with van der Waals surface area (Å²) in [4.78, 5) is 3.97. The van der Waals surface area contributed by atoms with Gasteiger partial charge in [0.25, 0.3) is 0 Å². The van der Waals surface area contributed by atoms with Crippen LogP contribution in [0.4, 0.5) is 0 Å². The smallest absolute Gasteiger partial charge is 0.215 e. The first-order chi connectivity index (χ1) is 9.34. The van der Waals surface area contributed by atoms with Crippen LogP contribution in [0, 0.1) is 0 Å². The zero-order chi connectivity index (χ0) is 13.1. The minimum absolute atomic E-state index is 0.518. The van der Waals surface area contributed by atoms with Gasteiger partial charge in [0.05, 0.1) is 13.2 Å². The van der Waals surface area contributed by atoms with Crippen LogP contribution in [0.1, 0.15) is 18.1 Å². The molecule has 0 amide bonds. The van der Waals surface area contributed by atoms with Gasteiger partial charge in [-0.15, -0.1) is 0 Å². The van der Waals surface area contributed by atoms with Crippen molar-refractivity contribution in [2.75, 3.05) is 13.2 Å². The van der Waals surface area contributed by atoms with Gasteiger partial charge in [-0.2, -0.15) is 5.10 Å². The molecule has 0 unspecified atom stereocenters. The van der Waals surface area contributed by atoms with Gasteiger partial charge in [-0.3, -0.25) is 0 Å². The molecule has 0 saturated carbocycles. The van der Waals surface area contributed by atoms with E-state index in [9.17, 15) is 0 Å². The Bertz CT molecular complexity index is 533. The number of hydrogen-bond acceptors (Lipinski definition) is 4. The summed E-state index contributed by atoms with van der Waals surface area (Å²) in [5.74, 6) is -0.736. The van der Waals surface area contributed by atoms with E-state index in [4.69, 9.17) is 9.47 Å². The lowest BCUT2D eigenvalue weighted by Crippen LogP contribution is -2.34. The van der Waals surface area contributed by atoms with E-state index in [2.05, 4.69) is 29.1 Å². The molecule has 1 aromatic carbocycles. The Morgan fingerprint density at radius 3 is 2.74 bits per heavy atom. The van der Waals surface area contributed by atoms with Crippen molar-refractivity contribution in [1.82, 2.24) is 14.8 Å². The number of hydrogen-bond donors (Lipinski definition) is 0. The van der Waals surface area contributed by atoms with Crippen LogP contribution in [0.25, 0.3) is 0 Å². The minimum Gasteiger partial charge on any atom is -0.342 e. The lowest BCUT2D eigenvalue weighted by Gasteiger charge is -2.29. The van der Waals surface area contributed by atoms with Gasteiger partial charge in [-0.1, -0.05) is 31.2 Å². The first-order valence-corrected chi connectivity index (χ1v) is 6.53. The Morgan fingerprint density at radius 1 is 1.26 bits per heavy atom. The number of aromatic nitrogens is 3. The quantitative estimate of drug-likeness (QED) is 0.839. The standard InChI is InChI=1S/C14H17N3O2/c1-2-12-5-3-4-6-13(12)14(18-7-8-19-14)9-17-11-15-10-16-17/h3-6,10-11H,2,7-9H2,1H3. The average Bonchev–Trinajstić information content (AvgIpc) is 3.11. The molecule has 0 N–H and O–H groups in total. The van der Waals surface area contributed by atoms with Crippen LogP contribution in [0.15, 0.2) is 36.9 Å². The van der Waals surface area contributed by atoms with Crippen LogP contribution in [0.3, 0.4) is 0 Å². The molecule has 5 heteroatoms. The highest BCUT2D eigenvalue weighted by atomic mass is 16.7. The van der Waals surface area contributed by atoms with E-state index in [-0.39, 0.29) is 0 Å². The molecule has 2 heterocycles. The zero-order valence-corrected chi connectivity index (χ0v) is 11.0. The summed E-state index contributed by atoms with van der Waals surface area (Å²) >= 11 is 0. The lowest BCUT2D eigenvalue weighted by atomic mass is 9.97. The van der Waals surface area contributed by atoms with Gasteiger partial charge in [0, 0.05) is 5.56 Å². The highest BCUT2D eigenvalue weighted by molar-refractivity contribution is 5.31. The Morgan fingerprint density at radius 2 is 2.05 bits per heavy atom. The summed E-state index contributed by atoms with van der Waals surface area (Å²) < 4.78 is 13.6. The van der Waals surface area contributed by atoms with Gasteiger partial charge in [0.1, 0.15) is 19.2 Å². The van der Waals surface area contributed by atoms with E-state index in [1.807, 2.05) is 12.1 Å². The molecule has 0 aliphatic carbocycles. The molecule has 3 rings (SSSR count). The van der Waals surface area contributed by atoms with Crippen LogP contribution in [-0.2, 0) is 28.2 Å². The van der Waals surface area contributed by atoms with Crippen molar-refractivity contribution < 1.29 is 9.47 Å². The summed E-state index contributed by atoms with van der Waals surface area (Å²) in [6.07, 6.45) is 4.15. The van der Waals surface area contributed by atoms with Crippen molar-refractivity contribution in [2.24, 2.45) is 0 Å². The van der Waals surface area contributed by atoms with Crippen LogP contribution >= 0.6 is 0 Å². The number of aryl methyl sites for hydroxylation is 1. The molecule has 0 spiro atoms. The van der Waals surface area contributed by atoms with Crippen molar-refractivity contribution in [3.63, 3.8) is 0 Å². The Kier molecular flexibility index (Phi) is 3.31. The summed E-state index contributed by atoms with van der Waals surface area (Å²) in [5, 5.41) is 4.15. The summed E-state index contributed by atoms with van der Waals surface area (Å²) in [5.41, 5.74) is 2.33. The molecule has 0 radical (unpaired) electrons. The van der Waals surface area contributed by atoms with Crippen molar-refractivity contribution in [2.45, 2.75) is 25.7 Å². The maximum Gasteiger partial charge on any atom is 0.215 e. The molecule has 100 valence electrons. The number of ether oxygens (including phenoxy) is 2. The van der Waals surface area contributed by atoms with Crippen molar-refractivity contribution in [3.05, 3.63) is 48.0 Å². The third kappa shape index (κ3) is 2.27. The van der Waals surface area contributed by atoms with Crippen molar-refractivity contribution in [1.29, 1.82) is 0 Å². The topological polar surface area (TPSA) is 49.2 Å². The predicted octanol–water partition coefficient (Wildman–Crippen LogP) is 1.74. The third-order valence-electron chi connectivity index (χ3n) is 3.40. The maximum absolute atomic E-state index is 5.93. The van der Waals surface area contributed by atoms with E-state index < -0.39 is 5.79 Å². The minimum atomic E-state index is -0.736. The molecule has 1 aliphatic heterocycles. The van der Waals surface area contributed by atoms with Crippen LogP contribution < -0.4 is 0 Å². The highest BCUT2D eigenvalue weighted by Gasteiger charge is 2.40. The number of rotatable bonds is 4. The monoisotopic (exact) mass is 259 g/mol. The summed E-state index contributed by atoms with van der Waals surface area (Å²) in [7, 11) is 0. The SMILES string of the molecule is CCc1ccccc1C1(Cn2cncn2)OCCO1. The zero-order valence-electron chi connectivity index (χ0n) is 11.0. The first-order valence-electron chi connectivity index (χ1n) is 6.53. The molecule has 1 aromatic heterocycles. The highest BCUT2D eigenvalue weighted by Crippen LogP contribution is 2.35. The van der Waals surface area contributed by atoms with Crippen molar-refractivity contribution in [3.8, 4) is 0 Å². The second-order valence-corrected chi connectivity index (χ2v) is 4.55. The Labute approximate surface area is 112 Å². The Balaban J connectivity index is 2.00. The Hall–Kier alpha value is -1.72. The molecular formula is C14H17N3O2. The van der Waals surface area contributed by atoms with E-state index in [1.165, 1.54) is 11.9 Å². The van der Waals surface area contributed by atoms with Gasteiger partial charge >= 0.3 is 0 Å². The summed E-state index contributed by atoms with van der Waals surface area (Å²) in [6, 6.07) is 8.24. The fourth-order valence-corrected chi connectivity index (χ4v) is 2.51. The van der Waals surface area contributed by atoms with Gasteiger partial charge in [0.15, 0.2) is 0 Å². The van der Waals surface area contributed by atoms with Crippen LogP contribution in [0.5, 0.6) is 0 Å². The van der Waals surface area contributed by atoms with Crippen molar-refractivity contribution >= 4 is 0 Å². The maximum atomic E-state index is 5.93. The van der Waals surface area contributed by atoms with Crippen LogP contribution in [0.2, 0.25) is 0 Å². The molecule has 0 bridgehead atoms. The fraction of sp³-hybridized carbons (Fsp3) is 0.429. The second-order valence-electron chi connectivity index (χ2n) is 4.55. The van der Waals surface area contributed by atoms with Gasteiger partial charge in [-0.05, 0) is 12.0 Å². The molecule has 5 nitrogen and oxygen atoms in total. The number of benzene rings is 1. The molecule has 2 aromatic rings. The number of nitrogens with zero attached hydrogens (tertiary/aromatic N) is 3. The third-order valence-corrected chi connectivity index (χ3v) is 3.40. The van der Waals surface area contributed by atoms with Crippen LogP contribution in [-0.4, -0.2) is 28.0 Å². The molecule has 19 heavy (non-hydrogen) atoms. The van der Waals surface area contributed by atoms with Gasteiger partial charge in [-0.25, -0.2) is 9.67 Å². The average molecular weight is 259 g/mol. The molecule has 1 aliphatic rings. The summed E-state index contributed by atoms with van der Waals surface area (Å²) in [6.45, 7) is 3.86.